The number of nitrogens with zero attached hydrogens (tertiary/aromatic N) is 3. The van der Waals surface area contributed by atoms with E-state index < -0.39 is 15.9 Å². The lowest BCUT2D eigenvalue weighted by atomic mass is 10.8. The zero-order valence-corrected chi connectivity index (χ0v) is 10.3. The van der Waals surface area contributed by atoms with Gasteiger partial charge in [0.2, 0.25) is 10.9 Å². The van der Waals surface area contributed by atoms with Crippen LogP contribution >= 0.6 is 15.9 Å². The molecule has 1 aromatic rings. The lowest BCUT2D eigenvalue weighted by molar-refractivity contribution is -0.119. The van der Waals surface area contributed by atoms with Crippen LogP contribution in [-0.4, -0.2) is 29.3 Å². The molecule has 1 aromatic heterocycles. The first kappa shape index (κ1) is 12.1. The van der Waals surface area contributed by atoms with Gasteiger partial charge in [0.1, 0.15) is 0 Å². The molecule has 0 aliphatic carbocycles. The topological polar surface area (TPSA) is 106 Å². The Bertz CT molecular complexity index is 461. The van der Waals surface area contributed by atoms with Crippen LogP contribution in [0, 0.1) is 0 Å². The summed E-state index contributed by atoms with van der Waals surface area (Å²) in [6.07, 6.45) is 0. The van der Waals surface area contributed by atoms with Crippen LogP contribution < -0.4 is 10.3 Å². The Morgan fingerprint density at radius 3 is 2.53 bits per heavy atom. The van der Waals surface area contributed by atoms with Crippen LogP contribution in [0.1, 0.15) is 6.92 Å². The second kappa shape index (κ2) is 4.24. The van der Waals surface area contributed by atoms with Crippen LogP contribution in [0.25, 0.3) is 0 Å². The maximum absolute atomic E-state index is 11.6. The van der Waals surface area contributed by atoms with Gasteiger partial charge in [-0.1, -0.05) is 5.21 Å². The first-order chi connectivity index (χ1) is 6.84. The Morgan fingerprint density at radius 1 is 1.53 bits per heavy atom. The smallest absolute Gasteiger partial charge is 0.277 e. The van der Waals surface area contributed by atoms with Gasteiger partial charge in [0.25, 0.3) is 10.0 Å². The van der Waals surface area contributed by atoms with Gasteiger partial charge in [-0.15, -0.1) is 9.93 Å². The van der Waals surface area contributed by atoms with E-state index in [2.05, 4.69) is 26.2 Å². The highest BCUT2D eigenvalue weighted by atomic mass is 79.9. The fourth-order valence-corrected chi connectivity index (χ4v) is 2.78. The molecule has 0 atom stereocenters. The van der Waals surface area contributed by atoms with E-state index in [1.165, 1.54) is 14.0 Å². The van der Waals surface area contributed by atoms with Gasteiger partial charge < -0.3 is 0 Å². The molecule has 2 N–H and O–H groups in total. The number of carbonyl (C=O) groups is 1. The van der Waals surface area contributed by atoms with Crippen molar-refractivity contribution in [2.24, 2.45) is 7.05 Å². The monoisotopic (exact) mass is 297 g/mol. The Morgan fingerprint density at radius 2 is 2.13 bits per heavy atom. The molecule has 0 saturated heterocycles. The third-order valence-corrected chi connectivity index (χ3v) is 3.49. The molecule has 10 heteroatoms. The van der Waals surface area contributed by atoms with Crippen LogP contribution in [0.3, 0.4) is 0 Å². The average Bonchev–Trinajstić information content (AvgIpc) is 2.43. The highest BCUT2D eigenvalue weighted by molar-refractivity contribution is 9.10. The van der Waals surface area contributed by atoms with Gasteiger partial charge >= 0.3 is 0 Å². The molecule has 0 aliphatic rings. The molecule has 1 rings (SSSR count). The molecule has 0 spiro atoms. The molecule has 0 saturated carbocycles. The number of hydrogen-bond acceptors (Lipinski definition) is 5. The number of rotatable bonds is 3. The maximum Gasteiger partial charge on any atom is 0.277 e. The van der Waals surface area contributed by atoms with Gasteiger partial charge in [-0.3, -0.25) is 10.2 Å². The van der Waals surface area contributed by atoms with E-state index in [0.29, 0.717) is 0 Å². The van der Waals surface area contributed by atoms with E-state index in [0.717, 1.165) is 4.68 Å². The van der Waals surface area contributed by atoms with Crippen LogP contribution in [0.4, 0.5) is 0 Å². The third-order valence-electron chi connectivity index (χ3n) is 1.35. The summed E-state index contributed by atoms with van der Waals surface area (Å²) in [6, 6.07) is 0. The summed E-state index contributed by atoms with van der Waals surface area (Å²) in [6.45, 7) is 1.18. The minimum Gasteiger partial charge on any atom is -0.278 e. The molecule has 0 radical (unpaired) electrons. The number of nitrogens with one attached hydrogen (secondary N) is 2. The van der Waals surface area contributed by atoms with Gasteiger partial charge in [0.05, 0.1) is 0 Å². The van der Waals surface area contributed by atoms with E-state index in [1.807, 2.05) is 10.3 Å². The molecule has 15 heavy (non-hydrogen) atoms. The van der Waals surface area contributed by atoms with E-state index in [9.17, 15) is 13.2 Å². The molecule has 0 bridgehead atoms. The number of hydrazine groups is 1. The molecule has 0 fully saturated rings. The minimum absolute atomic E-state index is 0.0721. The number of aryl methyl sites for hydroxylation is 1. The van der Waals surface area contributed by atoms with Gasteiger partial charge in [0, 0.05) is 14.0 Å². The quantitative estimate of drug-likeness (QED) is 0.690. The van der Waals surface area contributed by atoms with Crippen LogP contribution in [0.5, 0.6) is 0 Å². The van der Waals surface area contributed by atoms with Crippen LogP contribution in [0.2, 0.25) is 0 Å². The van der Waals surface area contributed by atoms with E-state index >= 15 is 0 Å². The first-order valence-electron chi connectivity index (χ1n) is 3.68. The number of hydrogen-bond donors (Lipinski definition) is 2. The molecular weight excluding hydrogens is 290 g/mol. The average molecular weight is 298 g/mol. The van der Waals surface area contributed by atoms with Gasteiger partial charge in [-0.2, -0.15) is 0 Å². The number of aromatic nitrogens is 3. The Hall–Kier alpha value is -1.00. The molecular formula is C5H8BrN5O3S. The van der Waals surface area contributed by atoms with Crippen molar-refractivity contribution in [1.82, 2.24) is 25.3 Å². The number of carbonyl (C=O) groups excluding carboxylic acids is 1. The van der Waals surface area contributed by atoms with Crippen LogP contribution in [0.15, 0.2) is 9.63 Å². The summed E-state index contributed by atoms with van der Waals surface area (Å²) < 4.78 is 24.3. The lowest BCUT2D eigenvalue weighted by Gasteiger charge is -2.05. The summed E-state index contributed by atoms with van der Waals surface area (Å²) in [5, 5.41) is 6.83. The molecule has 0 unspecified atom stereocenters. The molecule has 1 amide bonds. The van der Waals surface area contributed by atoms with Crippen molar-refractivity contribution >= 4 is 31.9 Å². The summed E-state index contributed by atoms with van der Waals surface area (Å²) >= 11 is 2.93. The summed E-state index contributed by atoms with van der Waals surface area (Å²) in [4.78, 5) is 12.4. The van der Waals surface area contributed by atoms with E-state index in [-0.39, 0.29) is 9.63 Å². The van der Waals surface area contributed by atoms with Crippen LogP contribution in [-0.2, 0) is 21.9 Å². The number of amides is 1. The predicted octanol–water partition coefficient (Wildman–Crippen LogP) is -1.09. The fourth-order valence-electron chi connectivity index (χ4n) is 0.795. The second-order valence-corrected chi connectivity index (χ2v) is 4.94. The SMILES string of the molecule is CC(=O)NNS(=O)(=O)c1c(Br)nnn1C. The second-order valence-electron chi connectivity index (χ2n) is 2.60. The lowest BCUT2D eigenvalue weighted by Crippen LogP contribution is -2.41. The maximum atomic E-state index is 11.6. The van der Waals surface area contributed by atoms with Crippen molar-refractivity contribution in [2.45, 2.75) is 11.9 Å². The van der Waals surface area contributed by atoms with Crippen molar-refractivity contribution in [3.63, 3.8) is 0 Å². The van der Waals surface area contributed by atoms with Crippen molar-refractivity contribution < 1.29 is 13.2 Å². The summed E-state index contributed by atoms with van der Waals surface area (Å²) in [5.41, 5.74) is 1.96. The fraction of sp³-hybridized carbons (Fsp3) is 0.400. The zero-order valence-electron chi connectivity index (χ0n) is 7.85. The van der Waals surface area contributed by atoms with Gasteiger partial charge in [-0.25, -0.2) is 13.1 Å². The minimum atomic E-state index is -3.86. The summed E-state index contributed by atoms with van der Waals surface area (Å²) in [5.74, 6) is -0.523. The van der Waals surface area contributed by atoms with Crippen molar-refractivity contribution in [1.29, 1.82) is 0 Å². The van der Waals surface area contributed by atoms with Gasteiger partial charge in [0.15, 0.2) is 4.60 Å². The predicted molar refractivity (Wildman–Crippen MR) is 52.8 cm³/mol. The number of sulfonamides is 1. The molecule has 1 heterocycles. The van der Waals surface area contributed by atoms with E-state index in [4.69, 9.17) is 0 Å². The first-order valence-corrected chi connectivity index (χ1v) is 5.96. The van der Waals surface area contributed by atoms with Crippen molar-refractivity contribution in [3.8, 4) is 0 Å². The number of halogens is 1. The highest BCUT2D eigenvalue weighted by Crippen LogP contribution is 2.16. The molecule has 0 aromatic carbocycles. The van der Waals surface area contributed by atoms with Gasteiger partial charge in [-0.05, 0) is 15.9 Å². The van der Waals surface area contributed by atoms with Crippen molar-refractivity contribution in [2.75, 3.05) is 0 Å². The largest absolute Gasteiger partial charge is 0.278 e. The third kappa shape index (κ3) is 2.73. The Kier molecular flexibility index (Phi) is 3.42. The molecule has 8 nitrogen and oxygen atoms in total. The highest BCUT2D eigenvalue weighted by Gasteiger charge is 2.23. The Balaban J connectivity index is 3.01. The van der Waals surface area contributed by atoms with E-state index in [1.54, 1.807) is 0 Å². The normalized spacial score (nSPS) is 11.4. The standard InChI is InChI=1S/C5H8BrN5O3S/c1-3(12)7-10-15(13,14)5-4(6)8-9-11(5)2/h10H,1-2H3,(H,7,12). The molecule has 84 valence electrons. The van der Waals surface area contributed by atoms with Crippen molar-refractivity contribution in [3.05, 3.63) is 4.60 Å². The zero-order chi connectivity index (χ0) is 11.6. The molecule has 0 aliphatic heterocycles. The Labute approximate surface area is 94.2 Å². The summed E-state index contributed by atoms with van der Waals surface area (Å²) in [7, 11) is -2.45.